The summed E-state index contributed by atoms with van der Waals surface area (Å²) in [4.78, 5) is 0. The first-order valence-electron chi connectivity index (χ1n) is 7.17. The fourth-order valence-corrected chi connectivity index (χ4v) is 2.61. The topological polar surface area (TPSA) is 55.4 Å². The Labute approximate surface area is 132 Å². The van der Waals surface area contributed by atoms with Gasteiger partial charge in [0.2, 0.25) is 0 Å². The monoisotopic (exact) mass is 333 g/mol. The molecule has 0 atom stereocenters. The van der Waals surface area contributed by atoms with Gasteiger partial charge in [-0.1, -0.05) is 38.4 Å². The van der Waals surface area contributed by atoms with Crippen LogP contribution in [0, 0.1) is 5.92 Å². The number of ether oxygens (including phenoxy) is 1. The summed E-state index contributed by atoms with van der Waals surface area (Å²) in [7, 11) is -3.01. The van der Waals surface area contributed by atoms with Crippen molar-refractivity contribution in [1.82, 2.24) is 5.32 Å². The fourth-order valence-electron chi connectivity index (χ4n) is 1.75. The zero-order valence-electron chi connectivity index (χ0n) is 12.9. The molecule has 0 heterocycles. The largest absolute Gasteiger partial charge is 0.492 e. The summed E-state index contributed by atoms with van der Waals surface area (Å²) in [5.74, 6) is 1.35. The second-order valence-corrected chi connectivity index (χ2v) is 8.21. The Morgan fingerprint density at radius 1 is 1.33 bits per heavy atom. The summed E-state index contributed by atoms with van der Waals surface area (Å²) in [6, 6.07) is 5.43. The zero-order chi connectivity index (χ0) is 15.9. The highest BCUT2D eigenvalue weighted by molar-refractivity contribution is 7.91. The first-order valence-corrected chi connectivity index (χ1v) is 9.37. The molecule has 0 bridgehead atoms. The maximum atomic E-state index is 11.5. The Balaban J connectivity index is 2.66. The predicted molar refractivity (Wildman–Crippen MR) is 87.8 cm³/mol. The smallest absolute Gasteiger partial charge is 0.153 e. The molecule has 21 heavy (non-hydrogen) atoms. The van der Waals surface area contributed by atoms with Gasteiger partial charge in [-0.05, 0) is 24.6 Å². The summed E-state index contributed by atoms with van der Waals surface area (Å²) < 4.78 is 28.5. The minimum atomic E-state index is -3.01. The molecule has 1 aromatic rings. The Kier molecular flexibility index (Phi) is 7.49. The molecule has 0 aliphatic heterocycles. The van der Waals surface area contributed by atoms with Gasteiger partial charge in [0, 0.05) is 22.9 Å². The van der Waals surface area contributed by atoms with Crippen LogP contribution in [0.1, 0.15) is 26.3 Å². The highest BCUT2D eigenvalue weighted by Gasteiger charge is 2.11. The molecule has 4 nitrogen and oxygen atoms in total. The third-order valence-electron chi connectivity index (χ3n) is 3.02. The van der Waals surface area contributed by atoms with Crippen LogP contribution in [0.2, 0.25) is 5.02 Å². The van der Waals surface area contributed by atoms with E-state index in [1.807, 2.05) is 12.1 Å². The molecule has 0 saturated heterocycles. The molecule has 0 unspecified atom stereocenters. The van der Waals surface area contributed by atoms with Gasteiger partial charge in [0.1, 0.15) is 12.4 Å². The molecular formula is C15H24ClNO3S. The lowest BCUT2D eigenvalue weighted by molar-refractivity contribution is 0.336. The minimum Gasteiger partial charge on any atom is -0.492 e. The highest BCUT2D eigenvalue weighted by atomic mass is 35.5. The molecule has 0 fully saturated rings. The lowest BCUT2D eigenvalue weighted by Crippen LogP contribution is -2.20. The van der Waals surface area contributed by atoms with E-state index in [1.54, 1.807) is 13.0 Å². The van der Waals surface area contributed by atoms with Gasteiger partial charge in [0.15, 0.2) is 9.84 Å². The van der Waals surface area contributed by atoms with E-state index < -0.39 is 9.84 Å². The molecule has 6 heteroatoms. The van der Waals surface area contributed by atoms with Gasteiger partial charge in [0.05, 0.1) is 5.75 Å². The summed E-state index contributed by atoms with van der Waals surface area (Å²) in [6.45, 7) is 7.53. The van der Waals surface area contributed by atoms with Gasteiger partial charge in [0.25, 0.3) is 0 Å². The van der Waals surface area contributed by atoms with Crippen LogP contribution in [0.4, 0.5) is 0 Å². The number of hydrogen-bond acceptors (Lipinski definition) is 4. The van der Waals surface area contributed by atoms with Crippen LogP contribution in [0.5, 0.6) is 5.75 Å². The van der Waals surface area contributed by atoms with Crippen LogP contribution in [0.3, 0.4) is 0 Å². The summed E-state index contributed by atoms with van der Waals surface area (Å²) in [6.07, 6.45) is 0. The maximum absolute atomic E-state index is 11.5. The van der Waals surface area contributed by atoms with Crippen LogP contribution in [0.15, 0.2) is 18.2 Å². The zero-order valence-corrected chi connectivity index (χ0v) is 14.4. The standard InChI is InChI=1S/C15H24ClNO3S/c1-4-21(18,19)9-8-20-15-7-5-6-14(16)13(15)11-17-10-12(2)3/h5-7,12,17H,4,8-11H2,1-3H3. The number of nitrogens with one attached hydrogen (secondary N) is 1. The van der Waals surface area contributed by atoms with Gasteiger partial charge < -0.3 is 10.1 Å². The Hall–Kier alpha value is -0.780. The van der Waals surface area contributed by atoms with E-state index in [0.29, 0.717) is 23.2 Å². The second kappa shape index (κ2) is 8.61. The average Bonchev–Trinajstić information content (AvgIpc) is 2.41. The average molecular weight is 334 g/mol. The van der Waals surface area contributed by atoms with Gasteiger partial charge in [-0.3, -0.25) is 0 Å². The lowest BCUT2D eigenvalue weighted by atomic mass is 10.1. The van der Waals surface area contributed by atoms with Crippen LogP contribution in [0.25, 0.3) is 0 Å². The SMILES string of the molecule is CCS(=O)(=O)CCOc1cccc(Cl)c1CNCC(C)C. The first-order chi connectivity index (χ1) is 9.85. The highest BCUT2D eigenvalue weighted by Crippen LogP contribution is 2.26. The van der Waals surface area contributed by atoms with E-state index in [9.17, 15) is 8.42 Å². The molecule has 0 aromatic heterocycles. The van der Waals surface area contributed by atoms with E-state index in [4.69, 9.17) is 16.3 Å². The Morgan fingerprint density at radius 2 is 2.05 bits per heavy atom. The third kappa shape index (κ3) is 6.68. The third-order valence-corrected chi connectivity index (χ3v) is 5.04. The van der Waals surface area contributed by atoms with Gasteiger partial charge >= 0.3 is 0 Å². The first kappa shape index (κ1) is 18.3. The van der Waals surface area contributed by atoms with Gasteiger partial charge in [-0.25, -0.2) is 8.42 Å². The number of rotatable bonds is 9. The molecule has 0 radical (unpaired) electrons. The van der Waals surface area contributed by atoms with Gasteiger partial charge in [-0.2, -0.15) is 0 Å². The molecular weight excluding hydrogens is 310 g/mol. The molecule has 0 amide bonds. The van der Waals surface area contributed by atoms with Crippen molar-refractivity contribution in [2.24, 2.45) is 5.92 Å². The lowest BCUT2D eigenvalue weighted by Gasteiger charge is -2.14. The Bertz CT molecular complexity index is 544. The van der Waals surface area contributed by atoms with Crippen molar-refractivity contribution < 1.29 is 13.2 Å². The van der Waals surface area contributed by atoms with Crippen molar-refractivity contribution in [2.45, 2.75) is 27.3 Å². The molecule has 120 valence electrons. The predicted octanol–water partition coefficient (Wildman–Crippen LogP) is 2.90. The number of halogens is 1. The number of benzene rings is 1. The van der Waals surface area contributed by atoms with Crippen LogP contribution in [-0.2, 0) is 16.4 Å². The van der Waals surface area contributed by atoms with Crippen molar-refractivity contribution >= 4 is 21.4 Å². The van der Waals surface area contributed by atoms with Crippen molar-refractivity contribution in [3.8, 4) is 5.75 Å². The van der Waals surface area contributed by atoms with Crippen molar-refractivity contribution in [2.75, 3.05) is 24.7 Å². The van der Waals surface area contributed by atoms with E-state index in [1.165, 1.54) is 0 Å². The quantitative estimate of drug-likeness (QED) is 0.755. The molecule has 1 aromatic carbocycles. The van der Waals surface area contributed by atoms with Crippen molar-refractivity contribution in [1.29, 1.82) is 0 Å². The van der Waals surface area contributed by atoms with Crippen LogP contribution >= 0.6 is 11.6 Å². The van der Waals surface area contributed by atoms with E-state index >= 15 is 0 Å². The molecule has 0 saturated carbocycles. The molecule has 0 aliphatic carbocycles. The molecule has 0 spiro atoms. The van der Waals surface area contributed by atoms with E-state index in [2.05, 4.69) is 19.2 Å². The minimum absolute atomic E-state index is 0.0227. The fraction of sp³-hybridized carbons (Fsp3) is 0.600. The summed E-state index contributed by atoms with van der Waals surface area (Å²) in [5, 5.41) is 3.94. The summed E-state index contributed by atoms with van der Waals surface area (Å²) >= 11 is 6.20. The van der Waals surface area contributed by atoms with Crippen LogP contribution < -0.4 is 10.1 Å². The van der Waals surface area contributed by atoms with E-state index in [-0.39, 0.29) is 18.1 Å². The molecule has 1 N–H and O–H groups in total. The van der Waals surface area contributed by atoms with Gasteiger partial charge in [-0.15, -0.1) is 0 Å². The Morgan fingerprint density at radius 3 is 2.67 bits per heavy atom. The normalized spacial score (nSPS) is 11.9. The number of sulfone groups is 1. The molecule has 1 rings (SSSR count). The van der Waals surface area contributed by atoms with Crippen molar-refractivity contribution in [3.63, 3.8) is 0 Å². The second-order valence-electron chi connectivity index (χ2n) is 5.33. The van der Waals surface area contributed by atoms with Crippen LogP contribution in [-0.4, -0.2) is 33.1 Å². The summed E-state index contributed by atoms with van der Waals surface area (Å²) in [5.41, 5.74) is 0.869. The maximum Gasteiger partial charge on any atom is 0.153 e. The molecule has 0 aliphatic rings. The number of hydrogen-bond donors (Lipinski definition) is 1. The van der Waals surface area contributed by atoms with E-state index in [0.717, 1.165) is 12.1 Å². The van der Waals surface area contributed by atoms with Crippen molar-refractivity contribution in [3.05, 3.63) is 28.8 Å².